The standard InChI is InChI=1S/C73H127N2O7P/c1-7-10-13-16-19-22-25-28-30-32-33-34-35-36-37-38-39-40-41-43-44-47-50-53-56-59-62-65-72(76)74-70(69-81-83(78,79)80-68-67-75(4,5)6)71(64-61-58-55-52-49-46-27-24-21-18-15-12-9-3)82-73(77)66-63-60-57-54-51-48-45-42-31-29-26-23-20-17-14-11-8-2/h10,13,19-20,22-23,28-31,33-34,36-37,45,48,54,57,61,64,70-71H,7-9,11-12,14-18,21,24-27,32,35,38-44,46-47,49-53,55-56,58-60,62-63,65-69H2,1-6H3,(H-,74,76,78,79)/b13-10-,22-19-,23-20-,30-28-,31-29-,34-33-,37-36-,48-45-,57-54-,64-61-. The van der Waals surface area contributed by atoms with Crippen LogP contribution in [0, 0.1) is 0 Å². The summed E-state index contributed by atoms with van der Waals surface area (Å²) in [4.78, 5) is 40.1. The van der Waals surface area contributed by atoms with E-state index >= 15 is 0 Å². The number of esters is 1. The number of amides is 1. The van der Waals surface area contributed by atoms with E-state index in [1.807, 2.05) is 33.3 Å². The fraction of sp³-hybridized carbons (Fsp3) is 0.699. The number of ether oxygens (including phenoxy) is 1. The number of nitrogens with zero attached hydrogens (tertiary/aromatic N) is 1. The molecule has 0 fully saturated rings. The Morgan fingerprint density at radius 3 is 1.20 bits per heavy atom. The molecule has 3 atom stereocenters. The summed E-state index contributed by atoms with van der Waals surface area (Å²) in [5.74, 6) is -0.613. The topological polar surface area (TPSA) is 114 Å². The van der Waals surface area contributed by atoms with E-state index in [9.17, 15) is 19.0 Å². The van der Waals surface area contributed by atoms with Crippen LogP contribution in [0.2, 0.25) is 0 Å². The smallest absolute Gasteiger partial charge is 0.306 e. The van der Waals surface area contributed by atoms with E-state index in [1.165, 1.54) is 128 Å². The molecule has 0 spiro atoms. The van der Waals surface area contributed by atoms with Crippen molar-refractivity contribution in [3.8, 4) is 0 Å². The molecular formula is C73H127N2O7P. The molecule has 0 bridgehead atoms. The molecule has 0 aromatic carbocycles. The minimum absolute atomic E-state index is 0.0367. The van der Waals surface area contributed by atoms with Gasteiger partial charge in [-0.15, -0.1) is 0 Å². The lowest BCUT2D eigenvalue weighted by molar-refractivity contribution is -0.870. The summed E-state index contributed by atoms with van der Waals surface area (Å²) in [6.45, 7) is 6.67. The molecule has 0 radical (unpaired) electrons. The maximum atomic E-state index is 13.6. The fourth-order valence-electron chi connectivity index (χ4n) is 9.19. The maximum Gasteiger partial charge on any atom is 0.306 e. The van der Waals surface area contributed by atoms with Crippen LogP contribution in [0.3, 0.4) is 0 Å². The van der Waals surface area contributed by atoms with Crippen molar-refractivity contribution < 1.29 is 37.3 Å². The first-order valence-electron chi connectivity index (χ1n) is 33.8. The van der Waals surface area contributed by atoms with Gasteiger partial charge in [-0.1, -0.05) is 271 Å². The van der Waals surface area contributed by atoms with Crippen LogP contribution in [0.4, 0.5) is 0 Å². The van der Waals surface area contributed by atoms with E-state index in [0.29, 0.717) is 23.9 Å². The van der Waals surface area contributed by atoms with Gasteiger partial charge >= 0.3 is 5.97 Å². The number of carbonyl (C=O) groups excluding carboxylic acids is 2. The summed E-state index contributed by atoms with van der Waals surface area (Å²) in [7, 11) is 1.14. The summed E-state index contributed by atoms with van der Waals surface area (Å²) in [5, 5.41) is 3.02. The number of carbonyl (C=O) groups is 2. The third kappa shape index (κ3) is 62.8. The SMILES string of the molecule is CC/C=C\C/C=C\C/C=C\C/C=C\C/C=C\CCCCCCCCCCCCCC(=O)NC(COP(=O)([O-])OCC[N+](C)(C)C)C(/C=C\CCCCCCCCCCCCC)OC(=O)CCC/C=C\C/C=C\C/C=C\C/C=C\CCCCC. The molecule has 1 N–H and O–H groups in total. The number of hydrogen-bond donors (Lipinski definition) is 1. The summed E-state index contributed by atoms with van der Waals surface area (Å²) in [6, 6.07) is -0.920. The first-order chi connectivity index (χ1) is 40.4. The van der Waals surface area contributed by atoms with E-state index in [2.05, 4.69) is 135 Å². The summed E-state index contributed by atoms with van der Waals surface area (Å²) < 4.78 is 30.3. The molecule has 1 amide bonds. The zero-order valence-electron chi connectivity index (χ0n) is 54.4. The van der Waals surface area contributed by atoms with Gasteiger partial charge in [0, 0.05) is 12.8 Å². The quantitative estimate of drug-likeness (QED) is 0.0212. The molecule has 0 saturated carbocycles. The lowest BCUT2D eigenvalue weighted by Gasteiger charge is -2.30. The van der Waals surface area contributed by atoms with Crippen LogP contribution in [0.5, 0.6) is 0 Å². The van der Waals surface area contributed by atoms with Gasteiger partial charge in [-0.2, -0.15) is 0 Å². The van der Waals surface area contributed by atoms with Crippen LogP contribution in [0.15, 0.2) is 122 Å². The summed E-state index contributed by atoms with van der Waals surface area (Å²) >= 11 is 0. The lowest BCUT2D eigenvalue weighted by atomic mass is 10.0. The van der Waals surface area contributed by atoms with Crippen molar-refractivity contribution in [1.82, 2.24) is 5.32 Å². The van der Waals surface area contributed by atoms with Crippen LogP contribution in [0.1, 0.15) is 278 Å². The van der Waals surface area contributed by atoms with Crippen molar-refractivity contribution in [2.24, 2.45) is 0 Å². The fourth-order valence-corrected chi connectivity index (χ4v) is 9.91. The van der Waals surface area contributed by atoms with E-state index in [4.69, 9.17) is 13.8 Å². The predicted octanol–water partition coefficient (Wildman–Crippen LogP) is 20.8. The molecule has 0 rings (SSSR count). The largest absolute Gasteiger partial charge is 0.756 e. The number of allylic oxidation sites excluding steroid dienone is 19. The Hall–Kier alpha value is -3.59. The Kier molecular flexibility index (Phi) is 58.8. The average molecular weight is 1180 g/mol. The zero-order valence-corrected chi connectivity index (χ0v) is 55.3. The molecule has 9 nitrogen and oxygen atoms in total. The van der Waals surface area contributed by atoms with E-state index < -0.39 is 32.5 Å². The molecule has 0 saturated heterocycles. The molecule has 0 aliphatic rings. The zero-order chi connectivity index (χ0) is 60.7. The number of likely N-dealkylation sites (N-methyl/N-ethyl adjacent to an activating group) is 1. The normalized spacial score (nSPS) is 14.3. The Balaban J connectivity index is 5.19. The van der Waals surface area contributed by atoms with Crippen molar-refractivity contribution >= 4 is 19.7 Å². The predicted molar refractivity (Wildman–Crippen MR) is 357 cm³/mol. The highest BCUT2D eigenvalue weighted by atomic mass is 31.2. The van der Waals surface area contributed by atoms with E-state index in [0.717, 1.165) is 109 Å². The van der Waals surface area contributed by atoms with Gasteiger partial charge in [-0.05, 0) is 115 Å². The maximum absolute atomic E-state index is 13.6. The van der Waals surface area contributed by atoms with Crippen molar-refractivity contribution in [3.63, 3.8) is 0 Å². The van der Waals surface area contributed by atoms with Crippen molar-refractivity contribution in [2.45, 2.75) is 290 Å². The molecule has 0 aliphatic carbocycles. The van der Waals surface area contributed by atoms with Gasteiger partial charge in [0.2, 0.25) is 5.91 Å². The van der Waals surface area contributed by atoms with Crippen LogP contribution in [-0.2, 0) is 27.9 Å². The minimum Gasteiger partial charge on any atom is -0.756 e. The van der Waals surface area contributed by atoms with Crippen LogP contribution in [0.25, 0.3) is 0 Å². The van der Waals surface area contributed by atoms with Gasteiger partial charge in [-0.25, -0.2) is 0 Å². The first-order valence-corrected chi connectivity index (χ1v) is 35.3. The summed E-state index contributed by atoms with van der Waals surface area (Å²) in [6.07, 6.45) is 86.1. The number of quaternary nitrogens is 1. The second kappa shape index (κ2) is 61.5. The lowest BCUT2D eigenvalue weighted by Crippen LogP contribution is -2.47. The van der Waals surface area contributed by atoms with Crippen LogP contribution >= 0.6 is 7.82 Å². The number of phosphoric ester groups is 1. The minimum atomic E-state index is -4.72. The Labute approximate surface area is 512 Å². The van der Waals surface area contributed by atoms with Crippen LogP contribution < -0.4 is 10.2 Å². The van der Waals surface area contributed by atoms with E-state index in [-0.39, 0.29) is 18.9 Å². The molecule has 0 heterocycles. The van der Waals surface area contributed by atoms with Gasteiger partial charge < -0.3 is 28.5 Å². The number of unbranched alkanes of at least 4 members (excludes halogenated alkanes) is 26. The third-order valence-electron chi connectivity index (χ3n) is 14.4. The van der Waals surface area contributed by atoms with Gasteiger partial charge in [0.05, 0.1) is 33.8 Å². The van der Waals surface area contributed by atoms with E-state index in [1.54, 1.807) is 0 Å². The molecule has 83 heavy (non-hydrogen) atoms. The second-order valence-electron chi connectivity index (χ2n) is 23.6. The van der Waals surface area contributed by atoms with Gasteiger partial charge in [0.25, 0.3) is 7.82 Å². The second-order valence-corrected chi connectivity index (χ2v) is 25.0. The highest BCUT2D eigenvalue weighted by molar-refractivity contribution is 7.45. The van der Waals surface area contributed by atoms with Crippen LogP contribution in [-0.4, -0.2) is 69.4 Å². The van der Waals surface area contributed by atoms with Crippen molar-refractivity contribution in [2.75, 3.05) is 40.9 Å². The molecule has 0 aromatic heterocycles. The Morgan fingerprint density at radius 1 is 0.434 bits per heavy atom. The Bertz CT molecular complexity index is 1830. The van der Waals surface area contributed by atoms with Crippen molar-refractivity contribution in [1.29, 1.82) is 0 Å². The number of nitrogens with one attached hydrogen (secondary N) is 1. The van der Waals surface area contributed by atoms with Gasteiger partial charge in [0.15, 0.2) is 0 Å². The van der Waals surface area contributed by atoms with Gasteiger partial charge in [-0.3, -0.25) is 14.2 Å². The molecule has 0 aliphatic heterocycles. The Morgan fingerprint density at radius 2 is 0.783 bits per heavy atom. The third-order valence-corrected chi connectivity index (χ3v) is 15.3. The molecule has 3 unspecified atom stereocenters. The highest BCUT2D eigenvalue weighted by Gasteiger charge is 2.27. The summed E-state index contributed by atoms with van der Waals surface area (Å²) in [5.41, 5.74) is 0. The van der Waals surface area contributed by atoms with Crippen molar-refractivity contribution in [3.05, 3.63) is 122 Å². The molecule has 476 valence electrons. The highest BCUT2D eigenvalue weighted by Crippen LogP contribution is 2.38. The number of phosphoric acid groups is 1. The van der Waals surface area contributed by atoms with Gasteiger partial charge in [0.1, 0.15) is 19.3 Å². The molecule has 10 heteroatoms. The number of rotatable bonds is 60. The molecule has 0 aromatic rings. The average Bonchev–Trinajstić information content (AvgIpc) is 3.47. The monoisotopic (exact) mass is 1170 g/mol. The molecular weight excluding hydrogens is 1050 g/mol. The first kappa shape index (κ1) is 79.4. The number of hydrogen-bond acceptors (Lipinski definition) is 7.